The predicted molar refractivity (Wildman–Crippen MR) is 58.7 cm³/mol. The molecule has 0 saturated carbocycles. The monoisotopic (exact) mass is 202 g/mol. The van der Waals surface area contributed by atoms with Gasteiger partial charge in [0.05, 0.1) is 5.69 Å². The molecule has 2 rings (SSSR count). The van der Waals surface area contributed by atoms with Gasteiger partial charge in [-0.25, -0.2) is 9.67 Å². The molecule has 2 N–H and O–H groups in total. The number of aromatic nitrogens is 3. The second-order valence-corrected chi connectivity index (χ2v) is 3.69. The maximum Gasteiger partial charge on any atom is 0.138 e. The van der Waals surface area contributed by atoms with E-state index in [9.17, 15) is 0 Å². The van der Waals surface area contributed by atoms with Crippen LogP contribution in [0.4, 0.5) is 0 Å². The Bertz CT molecular complexity index is 420. The smallest absolute Gasteiger partial charge is 0.138 e. The molecule has 1 heterocycles. The van der Waals surface area contributed by atoms with E-state index < -0.39 is 0 Å². The van der Waals surface area contributed by atoms with Crippen molar-refractivity contribution in [3.8, 4) is 5.69 Å². The SMILES string of the molecule is CC(N)Cc1cccc(-n2cncn2)c1. The highest BCUT2D eigenvalue weighted by molar-refractivity contribution is 5.34. The number of rotatable bonds is 3. The minimum atomic E-state index is 0.177. The Kier molecular flexibility index (Phi) is 2.78. The van der Waals surface area contributed by atoms with Gasteiger partial charge in [-0.05, 0) is 31.0 Å². The third-order valence-electron chi connectivity index (χ3n) is 2.15. The lowest BCUT2D eigenvalue weighted by Crippen LogP contribution is -2.17. The van der Waals surface area contributed by atoms with Crippen LogP contribution >= 0.6 is 0 Å². The molecule has 0 saturated heterocycles. The van der Waals surface area contributed by atoms with Gasteiger partial charge in [0.2, 0.25) is 0 Å². The summed E-state index contributed by atoms with van der Waals surface area (Å²) in [5.74, 6) is 0. The van der Waals surface area contributed by atoms with Crippen LogP contribution in [0.5, 0.6) is 0 Å². The topological polar surface area (TPSA) is 56.7 Å². The van der Waals surface area contributed by atoms with Crippen molar-refractivity contribution in [2.75, 3.05) is 0 Å². The third kappa shape index (κ3) is 2.41. The molecule has 0 fully saturated rings. The molecule has 0 radical (unpaired) electrons. The highest BCUT2D eigenvalue weighted by Gasteiger charge is 2.01. The molecule has 0 amide bonds. The van der Waals surface area contributed by atoms with Gasteiger partial charge in [0.25, 0.3) is 0 Å². The molecule has 0 bridgehead atoms. The maximum absolute atomic E-state index is 5.76. The molecule has 15 heavy (non-hydrogen) atoms. The quantitative estimate of drug-likeness (QED) is 0.812. The van der Waals surface area contributed by atoms with Gasteiger partial charge in [0.15, 0.2) is 0 Å². The normalized spacial score (nSPS) is 12.7. The van der Waals surface area contributed by atoms with E-state index in [1.165, 1.54) is 11.9 Å². The molecular weight excluding hydrogens is 188 g/mol. The second kappa shape index (κ2) is 4.23. The van der Waals surface area contributed by atoms with Crippen molar-refractivity contribution in [1.82, 2.24) is 14.8 Å². The first-order valence-electron chi connectivity index (χ1n) is 4.95. The summed E-state index contributed by atoms with van der Waals surface area (Å²) in [6, 6.07) is 8.34. The van der Waals surface area contributed by atoms with E-state index in [-0.39, 0.29) is 6.04 Å². The van der Waals surface area contributed by atoms with E-state index in [4.69, 9.17) is 5.73 Å². The highest BCUT2D eigenvalue weighted by atomic mass is 15.3. The first-order chi connectivity index (χ1) is 7.25. The van der Waals surface area contributed by atoms with E-state index in [1.807, 2.05) is 19.1 Å². The molecule has 0 aliphatic rings. The third-order valence-corrected chi connectivity index (χ3v) is 2.15. The summed E-state index contributed by atoms with van der Waals surface area (Å²) in [6.45, 7) is 2.00. The Hall–Kier alpha value is -1.68. The lowest BCUT2D eigenvalue weighted by molar-refractivity contribution is 0.736. The summed E-state index contributed by atoms with van der Waals surface area (Å²) in [5.41, 5.74) is 8.00. The first-order valence-corrected chi connectivity index (χ1v) is 4.95. The minimum absolute atomic E-state index is 0.177. The number of hydrogen-bond donors (Lipinski definition) is 1. The Balaban J connectivity index is 2.27. The summed E-state index contributed by atoms with van der Waals surface area (Å²) in [7, 11) is 0. The van der Waals surface area contributed by atoms with Gasteiger partial charge in [-0.3, -0.25) is 0 Å². The van der Waals surface area contributed by atoms with Gasteiger partial charge >= 0.3 is 0 Å². The van der Waals surface area contributed by atoms with Crippen molar-refractivity contribution < 1.29 is 0 Å². The fraction of sp³-hybridized carbons (Fsp3) is 0.273. The van der Waals surface area contributed by atoms with Gasteiger partial charge in [-0.1, -0.05) is 12.1 Å². The van der Waals surface area contributed by atoms with Crippen LogP contribution in [0.25, 0.3) is 5.69 Å². The van der Waals surface area contributed by atoms with Crippen molar-refractivity contribution in [3.63, 3.8) is 0 Å². The van der Waals surface area contributed by atoms with E-state index in [1.54, 1.807) is 11.0 Å². The van der Waals surface area contributed by atoms with E-state index in [0.29, 0.717) is 0 Å². The predicted octanol–water partition coefficient (Wildman–Crippen LogP) is 1.16. The molecule has 1 atom stereocenters. The van der Waals surface area contributed by atoms with E-state index >= 15 is 0 Å². The van der Waals surface area contributed by atoms with Crippen LogP contribution in [-0.4, -0.2) is 20.8 Å². The number of hydrogen-bond acceptors (Lipinski definition) is 3. The molecular formula is C11H14N4. The molecule has 2 aromatic rings. The van der Waals surface area contributed by atoms with Crippen molar-refractivity contribution in [1.29, 1.82) is 0 Å². The standard InChI is InChI=1S/C11H14N4/c1-9(12)5-10-3-2-4-11(6-10)15-8-13-7-14-15/h2-4,6-9H,5,12H2,1H3. The zero-order chi connectivity index (χ0) is 10.7. The van der Waals surface area contributed by atoms with Crippen molar-refractivity contribution in [2.24, 2.45) is 5.73 Å². The number of nitrogens with zero attached hydrogens (tertiary/aromatic N) is 3. The fourth-order valence-corrected chi connectivity index (χ4v) is 1.54. The van der Waals surface area contributed by atoms with Gasteiger partial charge in [0, 0.05) is 6.04 Å². The van der Waals surface area contributed by atoms with Crippen molar-refractivity contribution in [2.45, 2.75) is 19.4 Å². The van der Waals surface area contributed by atoms with Crippen molar-refractivity contribution >= 4 is 0 Å². The minimum Gasteiger partial charge on any atom is -0.328 e. The Morgan fingerprint density at radius 1 is 1.47 bits per heavy atom. The molecule has 78 valence electrons. The van der Waals surface area contributed by atoms with Crippen LogP contribution in [-0.2, 0) is 6.42 Å². The number of nitrogens with two attached hydrogens (primary N) is 1. The van der Waals surface area contributed by atoms with E-state index in [0.717, 1.165) is 12.1 Å². The Morgan fingerprint density at radius 3 is 3.00 bits per heavy atom. The molecule has 1 aromatic carbocycles. The van der Waals surface area contributed by atoms with Crippen LogP contribution in [0.3, 0.4) is 0 Å². The second-order valence-electron chi connectivity index (χ2n) is 3.69. The molecule has 0 aliphatic heterocycles. The highest BCUT2D eigenvalue weighted by Crippen LogP contribution is 2.10. The summed E-state index contributed by atoms with van der Waals surface area (Å²) < 4.78 is 1.74. The molecule has 0 spiro atoms. The Labute approximate surface area is 88.8 Å². The van der Waals surface area contributed by atoms with Crippen LogP contribution in [0.1, 0.15) is 12.5 Å². The summed E-state index contributed by atoms with van der Waals surface area (Å²) in [4.78, 5) is 3.92. The van der Waals surface area contributed by atoms with E-state index in [2.05, 4.69) is 22.2 Å². The Morgan fingerprint density at radius 2 is 2.33 bits per heavy atom. The zero-order valence-electron chi connectivity index (χ0n) is 8.67. The summed E-state index contributed by atoms with van der Waals surface area (Å²) >= 11 is 0. The number of benzene rings is 1. The molecule has 4 nitrogen and oxygen atoms in total. The van der Waals surface area contributed by atoms with Crippen LogP contribution in [0, 0.1) is 0 Å². The van der Waals surface area contributed by atoms with Crippen LogP contribution in [0.15, 0.2) is 36.9 Å². The largest absolute Gasteiger partial charge is 0.328 e. The molecule has 0 aliphatic carbocycles. The van der Waals surface area contributed by atoms with Gasteiger partial charge in [-0.2, -0.15) is 5.10 Å². The fourth-order valence-electron chi connectivity index (χ4n) is 1.54. The van der Waals surface area contributed by atoms with Gasteiger partial charge in [0.1, 0.15) is 12.7 Å². The lowest BCUT2D eigenvalue weighted by atomic mass is 10.1. The average Bonchev–Trinajstić information content (AvgIpc) is 2.69. The van der Waals surface area contributed by atoms with Crippen LogP contribution in [0.2, 0.25) is 0 Å². The summed E-state index contributed by atoms with van der Waals surface area (Å²) in [5, 5.41) is 4.08. The first kappa shape index (κ1) is 9.86. The summed E-state index contributed by atoms with van der Waals surface area (Å²) in [6.07, 6.45) is 4.09. The molecule has 4 heteroatoms. The molecule has 1 unspecified atom stereocenters. The van der Waals surface area contributed by atoms with Crippen LogP contribution < -0.4 is 5.73 Å². The van der Waals surface area contributed by atoms with Crippen molar-refractivity contribution in [3.05, 3.63) is 42.5 Å². The van der Waals surface area contributed by atoms with Gasteiger partial charge < -0.3 is 5.73 Å². The lowest BCUT2D eigenvalue weighted by Gasteiger charge is -2.07. The molecule has 1 aromatic heterocycles. The zero-order valence-corrected chi connectivity index (χ0v) is 8.67. The van der Waals surface area contributed by atoms with Gasteiger partial charge in [-0.15, -0.1) is 0 Å². The average molecular weight is 202 g/mol. The maximum atomic E-state index is 5.76.